The van der Waals surface area contributed by atoms with Crippen LogP contribution in [0.3, 0.4) is 0 Å². The minimum absolute atomic E-state index is 0.0591. The Labute approximate surface area is 130 Å². The number of amides is 1. The topological polar surface area (TPSA) is 67.0 Å². The van der Waals surface area contributed by atoms with Gasteiger partial charge in [-0.25, -0.2) is 4.98 Å². The summed E-state index contributed by atoms with van der Waals surface area (Å²) in [6.07, 6.45) is 5.08. The fraction of sp³-hybridized carbons (Fsp3) is 0.412. The Hall–Kier alpha value is -2.30. The molecule has 0 spiro atoms. The van der Waals surface area contributed by atoms with E-state index < -0.39 is 0 Å². The lowest BCUT2D eigenvalue weighted by Gasteiger charge is -2.20. The van der Waals surface area contributed by atoms with E-state index in [1.807, 2.05) is 24.3 Å². The zero-order chi connectivity index (χ0) is 15.4. The average molecular weight is 299 g/mol. The molecular formula is C17H21N3O2. The van der Waals surface area contributed by atoms with Gasteiger partial charge in [0.1, 0.15) is 5.75 Å². The smallest absolute Gasteiger partial charge is 0.223 e. The molecule has 0 aliphatic heterocycles. The number of imidazole rings is 1. The molecule has 1 aromatic carbocycles. The van der Waals surface area contributed by atoms with Gasteiger partial charge in [-0.3, -0.25) is 4.79 Å². The number of nitrogens with zero attached hydrogens (tertiary/aromatic N) is 1. The van der Waals surface area contributed by atoms with Crippen molar-refractivity contribution in [2.24, 2.45) is 5.92 Å². The second-order valence-electron chi connectivity index (χ2n) is 5.66. The third-order valence-electron chi connectivity index (χ3n) is 4.23. The molecule has 0 bridgehead atoms. The molecular weight excluding hydrogens is 278 g/mol. The molecule has 0 saturated carbocycles. The lowest BCUT2D eigenvalue weighted by atomic mass is 9.89. The van der Waals surface area contributed by atoms with E-state index in [2.05, 4.69) is 15.3 Å². The van der Waals surface area contributed by atoms with Crippen LogP contribution in [-0.4, -0.2) is 29.5 Å². The quantitative estimate of drug-likeness (QED) is 0.886. The standard InChI is InChI=1S/C17H21N3O2/c1-22-14-5-2-12(3-6-14)8-9-18-17(21)13-4-7-15-16(10-13)20-11-19-15/h2-3,5-6,11,13H,4,7-10H2,1H3,(H,18,21)(H,19,20)/t13-/m1/s1. The molecule has 1 aromatic heterocycles. The molecule has 1 amide bonds. The van der Waals surface area contributed by atoms with Crippen LogP contribution in [0.25, 0.3) is 0 Å². The zero-order valence-corrected chi connectivity index (χ0v) is 12.8. The van der Waals surface area contributed by atoms with Gasteiger partial charge in [0.25, 0.3) is 0 Å². The van der Waals surface area contributed by atoms with Gasteiger partial charge in [-0.2, -0.15) is 0 Å². The lowest BCUT2D eigenvalue weighted by Crippen LogP contribution is -2.35. The largest absolute Gasteiger partial charge is 0.497 e. The van der Waals surface area contributed by atoms with Gasteiger partial charge >= 0.3 is 0 Å². The molecule has 0 unspecified atom stereocenters. The van der Waals surface area contributed by atoms with Crippen LogP contribution < -0.4 is 10.1 Å². The van der Waals surface area contributed by atoms with Gasteiger partial charge in [0, 0.05) is 24.6 Å². The Kier molecular flexibility index (Phi) is 4.42. The summed E-state index contributed by atoms with van der Waals surface area (Å²) in [4.78, 5) is 19.7. The number of aromatic nitrogens is 2. The first-order valence-corrected chi connectivity index (χ1v) is 7.68. The molecule has 1 aliphatic carbocycles. The average Bonchev–Trinajstić information content (AvgIpc) is 3.03. The maximum Gasteiger partial charge on any atom is 0.223 e. The number of fused-ring (bicyclic) bond motifs is 1. The highest BCUT2D eigenvalue weighted by molar-refractivity contribution is 5.79. The van der Waals surface area contributed by atoms with E-state index in [4.69, 9.17) is 4.74 Å². The van der Waals surface area contributed by atoms with E-state index in [-0.39, 0.29) is 11.8 Å². The van der Waals surface area contributed by atoms with Crippen molar-refractivity contribution < 1.29 is 9.53 Å². The number of H-pyrrole nitrogens is 1. The van der Waals surface area contributed by atoms with Crippen molar-refractivity contribution in [3.8, 4) is 5.75 Å². The van der Waals surface area contributed by atoms with E-state index in [0.29, 0.717) is 6.54 Å². The minimum Gasteiger partial charge on any atom is -0.497 e. The number of carbonyl (C=O) groups is 1. The van der Waals surface area contributed by atoms with Crippen LogP contribution in [0.1, 0.15) is 23.4 Å². The van der Waals surface area contributed by atoms with Crippen molar-refractivity contribution in [3.05, 3.63) is 47.5 Å². The first-order valence-electron chi connectivity index (χ1n) is 7.68. The first-order chi connectivity index (χ1) is 10.8. The monoisotopic (exact) mass is 299 g/mol. The van der Waals surface area contributed by atoms with E-state index in [9.17, 15) is 4.79 Å². The number of carbonyl (C=O) groups excluding carboxylic acids is 1. The third-order valence-corrected chi connectivity index (χ3v) is 4.23. The number of aromatic amines is 1. The summed E-state index contributed by atoms with van der Waals surface area (Å²) in [5.74, 6) is 1.06. The SMILES string of the molecule is COc1ccc(CCNC(=O)[C@@H]2CCc3nc[nH]c3C2)cc1. The fourth-order valence-corrected chi connectivity index (χ4v) is 2.89. The van der Waals surface area contributed by atoms with Crippen molar-refractivity contribution in [1.82, 2.24) is 15.3 Å². The molecule has 0 fully saturated rings. The number of benzene rings is 1. The fourth-order valence-electron chi connectivity index (χ4n) is 2.89. The Morgan fingerprint density at radius 2 is 2.23 bits per heavy atom. The summed E-state index contributed by atoms with van der Waals surface area (Å²) in [5, 5.41) is 3.05. The number of rotatable bonds is 5. The van der Waals surface area contributed by atoms with E-state index in [0.717, 1.165) is 42.8 Å². The van der Waals surface area contributed by atoms with Crippen LogP contribution in [0, 0.1) is 5.92 Å². The Morgan fingerprint density at radius 3 is 3.00 bits per heavy atom. The van der Waals surface area contributed by atoms with Gasteiger partial charge in [-0.1, -0.05) is 12.1 Å². The molecule has 1 aliphatic rings. The summed E-state index contributed by atoms with van der Waals surface area (Å²) >= 11 is 0. The Morgan fingerprint density at radius 1 is 1.41 bits per heavy atom. The maximum atomic E-state index is 12.3. The van der Waals surface area contributed by atoms with Crippen LogP contribution in [0.15, 0.2) is 30.6 Å². The van der Waals surface area contributed by atoms with Crippen LogP contribution in [0.4, 0.5) is 0 Å². The highest BCUT2D eigenvalue weighted by Gasteiger charge is 2.25. The number of ether oxygens (including phenoxy) is 1. The third kappa shape index (κ3) is 3.30. The number of hydrogen-bond donors (Lipinski definition) is 2. The van der Waals surface area contributed by atoms with Gasteiger partial charge < -0.3 is 15.0 Å². The van der Waals surface area contributed by atoms with Crippen LogP contribution in [0.2, 0.25) is 0 Å². The van der Waals surface area contributed by atoms with Crippen molar-refractivity contribution in [1.29, 1.82) is 0 Å². The van der Waals surface area contributed by atoms with Gasteiger partial charge in [-0.05, 0) is 37.0 Å². The molecule has 1 atom stereocenters. The van der Waals surface area contributed by atoms with Crippen molar-refractivity contribution in [3.63, 3.8) is 0 Å². The van der Waals surface area contributed by atoms with Gasteiger partial charge in [0.15, 0.2) is 0 Å². The predicted octanol–water partition coefficient (Wildman–Crippen LogP) is 1.88. The van der Waals surface area contributed by atoms with Crippen LogP contribution in [0.5, 0.6) is 5.75 Å². The number of hydrogen-bond acceptors (Lipinski definition) is 3. The Bertz CT molecular complexity index is 634. The molecule has 22 heavy (non-hydrogen) atoms. The molecule has 2 aromatic rings. The maximum absolute atomic E-state index is 12.3. The minimum atomic E-state index is 0.0591. The van der Waals surface area contributed by atoms with E-state index >= 15 is 0 Å². The molecule has 3 rings (SSSR count). The molecule has 0 saturated heterocycles. The molecule has 1 heterocycles. The van der Waals surface area contributed by atoms with Gasteiger partial charge in [0.05, 0.1) is 19.1 Å². The molecule has 116 valence electrons. The highest BCUT2D eigenvalue weighted by atomic mass is 16.5. The second kappa shape index (κ2) is 6.64. The summed E-state index contributed by atoms with van der Waals surface area (Å²) in [6.45, 7) is 0.664. The number of methoxy groups -OCH3 is 1. The van der Waals surface area contributed by atoms with Crippen molar-refractivity contribution in [2.45, 2.75) is 25.7 Å². The number of aryl methyl sites for hydroxylation is 1. The summed E-state index contributed by atoms with van der Waals surface area (Å²) in [6, 6.07) is 7.95. The van der Waals surface area contributed by atoms with Crippen LogP contribution in [-0.2, 0) is 24.1 Å². The van der Waals surface area contributed by atoms with Gasteiger partial charge in [0.2, 0.25) is 5.91 Å². The van der Waals surface area contributed by atoms with Gasteiger partial charge in [-0.15, -0.1) is 0 Å². The lowest BCUT2D eigenvalue weighted by molar-refractivity contribution is -0.125. The normalized spacial score (nSPS) is 16.9. The van der Waals surface area contributed by atoms with Crippen molar-refractivity contribution >= 4 is 5.91 Å². The first kappa shape index (κ1) is 14.6. The zero-order valence-electron chi connectivity index (χ0n) is 12.8. The van der Waals surface area contributed by atoms with E-state index in [1.165, 1.54) is 5.56 Å². The van der Waals surface area contributed by atoms with Crippen molar-refractivity contribution in [2.75, 3.05) is 13.7 Å². The highest BCUT2D eigenvalue weighted by Crippen LogP contribution is 2.22. The molecule has 5 nitrogen and oxygen atoms in total. The predicted molar refractivity (Wildman–Crippen MR) is 83.8 cm³/mol. The summed E-state index contributed by atoms with van der Waals surface area (Å²) in [7, 11) is 1.66. The van der Waals surface area contributed by atoms with Crippen LogP contribution >= 0.6 is 0 Å². The summed E-state index contributed by atoms with van der Waals surface area (Å²) < 4.78 is 5.14. The second-order valence-corrected chi connectivity index (χ2v) is 5.66. The molecule has 0 radical (unpaired) electrons. The molecule has 5 heteroatoms. The molecule has 2 N–H and O–H groups in total. The van der Waals surface area contributed by atoms with E-state index in [1.54, 1.807) is 13.4 Å². The Balaban J connectivity index is 1.46. The number of nitrogens with one attached hydrogen (secondary N) is 2. The summed E-state index contributed by atoms with van der Waals surface area (Å²) in [5.41, 5.74) is 3.42.